The molecule has 1 unspecified atom stereocenters. The van der Waals surface area contributed by atoms with Crippen LogP contribution in [-0.2, 0) is 0 Å². The maximum atomic E-state index is 3.57. The zero-order valence-electron chi connectivity index (χ0n) is 8.85. The first kappa shape index (κ1) is 8.86. The van der Waals surface area contributed by atoms with Gasteiger partial charge >= 0.3 is 0 Å². The van der Waals surface area contributed by atoms with Gasteiger partial charge in [0.05, 0.1) is 0 Å². The van der Waals surface area contributed by atoms with Crippen LogP contribution in [0.2, 0.25) is 0 Å². The van der Waals surface area contributed by atoms with E-state index in [1.165, 1.54) is 25.0 Å². The van der Waals surface area contributed by atoms with Crippen LogP contribution in [0.1, 0.15) is 40.0 Å². The van der Waals surface area contributed by atoms with Crippen LogP contribution in [0.3, 0.4) is 0 Å². The van der Waals surface area contributed by atoms with Crippen LogP contribution in [0.15, 0.2) is 23.4 Å². The molecule has 0 spiro atoms. The number of hydrogen-bond acceptors (Lipinski definition) is 1. The minimum atomic E-state index is 0.408. The fourth-order valence-corrected chi connectivity index (χ4v) is 2.71. The average Bonchev–Trinajstić information content (AvgIpc) is 2.02. The van der Waals surface area contributed by atoms with Crippen LogP contribution < -0.4 is 5.32 Å². The van der Waals surface area contributed by atoms with E-state index < -0.39 is 0 Å². The minimum absolute atomic E-state index is 0.408. The Balaban J connectivity index is 2.37. The lowest BCUT2D eigenvalue weighted by Gasteiger charge is -2.40. The zero-order valence-corrected chi connectivity index (χ0v) is 8.85. The molecule has 1 heterocycles. The molecule has 0 amide bonds. The standard InChI is InChI=1S/C12H19N/c1-9-8-12(2,3)10-6-4-5-7-11(10)13-9/h5,7,9,13H,4,6,8H2,1-3H3. The molecule has 1 N–H and O–H groups in total. The van der Waals surface area contributed by atoms with Crippen molar-refractivity contribution in [2.24, 2.45) is 5.41 Å². The van der Waals surface area contributed by atoms with Crippen molar-refractivity contribution in [2.75, 3.05) is 0 Å². The molecule has 0 bridgehead atoms. The van der Waals surface area contributed by atoms with Gasteiger partial charge in [-0.3, -0.25) is 0 Å². The summed E-state index contributed by atoms with van der Waals surface area (Å²) >= 11 is 0. The Labute approximate surface area is 80.9 Å². The Kier molecular flexibility index (Phi) is 1.98. The summed E-state index contributed by atoms with van der Waals surface area (Å²) in [5, 5.41) is 3.57. The highest BCUT2D eigenvalue weighted by atomic mass is 14.9. The lowest BCUT2D eigenvalue weighted by atomic mass is 9.72. The van der Waals surface area contributed by atoms with Crippen molar-refractivity contribution in [1.29, 1.82) is 0 Å². The molecule has 13 heavy (non-hydrogen) atoms. The summed E-state index contributed by atoms with van der Waals surface area (Å²) in [6, 6.07) is 0.622. The highest BCUT2D eigenvalue weighted by Gasteiger charge is 2.32. The molecular weight excluding hydrogens is 158 g/mol. The van der Waals surface area contributed by atoms with E-state index in [1.54, 1.807) is 5.57 Å². The SMILES string of the molecule is CC1CC(C)(C)C2=C(C=CCC2)N1. The van der Waals surface area contributed by atoms with E-state index in [-0.39, 0.29) is 0 Å². The molecule has 0 aromatic carbocycles. The van der Waals surface area contributed by atoms with Gasteiger partial charge in [-0.25, -0.2) is 0 Å². The van der Waals surface area contributed by atoms with Crippen LogP contribution in [0.4, 0.5) is 0 Å². The summed E-state index contributed by atoms with van der Waals surface area (Å²) in [6.45, 7) is 7.02. The van der Waals surface area contributed by atoms with Gasteiger partial charge in [0.2, 0.25) is 0 Å². The van der Waals surface area contributed by atoms with Gasteiger partial charge in [0, 0.05) is 11.7 Å². The van der Waals surface area contributed by atoms with E-state index in [0.29, 0.717) is 11.5 Å². The van der Waals surface area contributed by atoms with E-state index in [1.807, 2.05) is 0 Å². The molecule has 0 radical (unpaired) electrons. The molecule has 0 aromatic rings. The summed E-state index contributed by atoms with van der Waals surface area (Å²) in [5.74, 6) is 0. The summed E-state index contributed by atoms with van der Waals surface area (Å²) in [7, 11) is 0. The van der Waals surface area contributed by atoms with Crippen LogP contribution in [0, 0.1) is 5.41 Å². The molecule has 1 aliphatic heterocycles. The maximum absolute atomic E-state index is 3.57. The lowest BCUT2D eigenvalue weighted by molar-refractivity contribution is 0.312. The van der Waals surface area contributed by atoms with Gasteiger partial charge in [-0.1, -0.05) is 19.9 Å². The summed E-state index contributed by atoms with van der Waals surface area (Å²) < 4.78 is 0. The maximum Gasteiger partial charge on any atom is 0.0336 e. The Hall–Kier alpha value is -0.720. The molecule has 0 aromatic heterocycles. The van der Waals surface area contributed by atoms with E-state index in [9.17, 15) is 0 Å². The first-order valence-electron chi connectivity index (χ1n) is 5.26. The fourth-order valence-electron chi connectivity index (χ4n) is 2.71. The molecular formula is C12H19N. The van der Waals surface area contributed by atoms with Crippen molar-refractivity contribution in [1.82, 2.24) is 5.32 Å². The summed E-state index contributed by atoms with van der Waals surface area (Å²) in [4.78, 5) is 0. The average molecular weight is 177 g/mol. The van der Waals surface area contributed by atoms with E-state index in [0.717, 1.165) is 0 Å². The Morgan fingerprint density at radius 3 is 3.00 bits per heavy atom. The van der Waals surface area contributed by atoms with E-state index in [4.69, 9.17) is 0 Å². The van der Waals surface area contributed by atoms with E-state index >= 15 is 0 Å². The predicted molar refractivity (Wildman–Crippen MR) is 56.4 cm³/mol. The van der Waals surface area contributed by atoms with Crippen LogP contribution in [0.5, 0.6) is 0 Å². The van der Waals surface area contributed by atoms with Gasteiger partial charge in [-0.05, 0) is 43.3 Å². The normalized spacial score (nSPS) is 31.2. The molecule has 2 rings (SSSR count). The third-order valence-corrected chi connectivity index (χ3v) is 3.21. The summed E-state index contributed by atoms with van der Waals surface area (Å²) in [5.41, 5.74) is 3.44. The van der Waals surface area contributed by atoms with Gasteiger partial charge in [-0.15, -0.1) is 0 Å². The number of allylic oxidation sites excluding steroid dienone is 3. The highest BCUT2D eigenvalue weighted by Crippen LogP contribution is 2.41. The second-order valence-corrected chi connectivity index (χ2v) is 4.97. The van der Waals surface area contributed by atoms with Gasteiger partial charge in [-0.2, -0.15) is 0 Å². The van der Waals surface area contributed by atoms with Crippen LogP contribution >= 0.6 is 0 Å². The predicted octanol–water partition coefficient (Wildman–Crippen LogP) is 3.00. The first-order valence-corrected chi connectivity index (χ1v) is 5.26. The smallest absolute Gasteiger partial charge is 0.0336 e. The van der Waals surface area contributed by atoms with Crippen molar-refractivity contribution in [3.63, 3.8) is 0 Å². The zero-order chi connectivity index (χ0) is 9.47. The first-order chi connectivity index (χ1) is 6.09. The number of nitrogens with one attached hydrogen (secondary N) is 1. The molecule has 0 saturated heterocycles. The Morgan fingerprint density at radius 1 is 1.46 bits per heavy atom. The van der Waals surface area contributed by atoms with Crippen molar-refractivity contribution in [2.45, 2.75) is 46.1 Å². The number of hydrogen-bond donors (Lipinski definition) is 1. The van der Waals surface area contributed by atoms with Crippen molar-refractivity contribution in [3.8, 4) is 0 Å². The van der Waals surface area contributed by atoms with Crippen molar-refractivity contribution >= 4 is 0 Å². The molecule has 0 fully saturated rings. The largest absolute Gasteiger partial charge is 0.383 e. The topological polar surface area (TPSA) is 12.0 Å². The van der Waals surface area contributed by atoms with Gasteiger partial charge in [0.25, 0.3) is 0 Å². The molecule has 1 heteroatoms. The Bertz CT molecular complexity index is 271. The third kappa shape index (κ3) is 1.52. The van der Waals surface area contributed by atoms with Crippen molar-refractivity contribution in [3.05, 3.63) is 23.4 Å². The van der Waals surface area contributed by atoms with Gasteiger partial charge in [0.15, 0.2) is 0 Å². The second-order valence-electron chi connectivity index (χ2n) is 4.97. The van der Waals surface area contributed by atoms with E-state index in [2.05, 4.69) is 38.2 Å². The van der Waals surface area contributed by atoms with Crippen molar-refractivity contribution < 1.29 is 0 Å². The quantitative estimate of drug-likeness (QED) is 0.600. The molecule has 2 aliphatic rings. The monoisotopic (exact) mass is 177 g/mol. The highest BCUT2D eigenvalue weighted by molar-refractivity contribution is 5.34. The second kappa shape index (κ2) is 2.90. The molecule has 1 atom stereocenters. The van der Waals surface area contributed by atoms with Gasteiger partial charge < -0.3 is 5.32 Å². The van der Waals surface area contributed by atoms with Crippen LogP contribution in [-0.4, -0.2) is 6.04 Å². The Morgan fingerprint density at radius 2 is 2.23 bits per heavy atom. The van der Waals surface area contributed by atoms with Crippen LogP contribution in [0.25, 0.3) is 0 Å². The molecule has 0 saturated carbocycles. The minimum Gasteiger partial charge on any atom is -0.383 e. The molecule has 1 aliphatic carbocycles. The van der Waals surface area contributed by atoms with Gasteiger partial charge in [0.1, 0.15) is 0 Å². The number of rotatable bonds is 0. The molecule has 72 valence electrons. The summed E-state index contributed by atoms with van der Waals surface area (Å²) in [6.07, 6.45) is 8.27. The third-order valence-electron chi connectivity index (χ3n) is 3.21. The molecule has 1 nitrogen and oxygen atoms in total. The fraction of sp³-hybridized carbons (Fsp3) is 0.667. The lowest BCUT2D eigenvalue weighted by Crippen LogP contribution is -2.39.